The molecule has 4 nitrogen and oxygen atoms in total. The highest BCUT2D eigenvalue weighted by atomic mass is 127. The molecule has 2 aromatic rings. The lowest BCUT2D eigenvalue weighted by Crippen LogP contribution is -2.10. The zero-order valence-corrected chi connectivity index (χ0v) is 9.13. The first-order chi connectivity index (χ1) is 6.74. The number of benzene rings is 1. The molecule has 0 saturated carbocycles. The van der Waals surface area contributed by atoms with Gasteiger partial charge in [0.25, 0.3) is 5.56 Å². The van der Waals surface area contributed by atoms with Crippen molar-refractivity contribution < 1.29 is 0 Å². The third-order valence-electron chi connectivity index (χ3n) is 1.97. The van der Waals surface area contributed by atoms with Crippen LogP contribution in [-0.4, -0.2) is 2.78 Å². The number of hydrogen-bond acceptors (Lipinski definition) is 3. The van der Waals surface area contributed by atoms with Crippen LogP contribution in [0.5, 0.6) is 0 Å². The summed E-state index contributed by atoms with van der Waals surface area (Å²) in [4.78, 5) is 22.1. The molecule has 0 amide bonds. The average Bonchev–Trinajstić information content (AvgIpc) is 2.23. The van der Waals surface area contributed by atoms with Crippen LogP contribution in [0.4, 0.5) is 5.69 Å². The van der Waals surface area contributed by atoms with E-state index in [1.54, 1.807) is 24.4 Å². The standard InChI is InChI=1S/C9H5IN2O2/c10-12-5-4-6-2-1-3-7(11-14)8(6)9(12)13/h1-5H. The minimum absolute atomic E-state index is 0.193. The molecule has 0 atom stereocenters. The Labute approximate surface area is 93.0 Å². The van der Waals surface area contributed by atoms with E-state index in [0.717, 1.165) is 5.39 Å². The largest absolute Gasteiger partial charge is 0.269 e. The molecule has 0 fully saturated rings. The zero-order chi connectivity index (χ0) is 10.1. The summed E-state index contributed by atoms with van der Waals surface area (Å²) >= 11 is 1.87. The van der Waals surface area contributed by atoms with Crippen LogP contribution >= 0.6 is 22.9 Å². The van der Waals surface area contributed by atoms with E-state index in [4.69, 9.17) is 0 Å². The molecule has 14 heavy (non-hydrogen) atoms. The summed E-state index contributed by atoms with van der Waals surface area (Å²) in [6.45, 7) is 0. The molecule has 1 aromatic heterocycles. The van der Waals surface area contributed by atoms with Gasteiger partial charge in [0.1, 0.15) is 5.69 Å². The Hall–Kier alpha value is -1.24. The molecule has 0 aliphatic rings. The van der Waals surface area contributed by atoms with Crippen molar-refractivity contribution in [3.05, 3.63) is 45.7 Å². The van der Waals surface area contributed by atoms with Crippen LogP contribution in [-0.2, 0) is 0 Å². The molecule has 2 rings (SSSR count). The number of fused-ring (bicyclic) bond motifs is 1. The van der Waals surface area contributed by atoms with Gasteiger partial charge in [0, 0.05) is 6.20 Å². The second-order valence-corrected chi connectivity index (χ2v) is 3.80. The van der Waals surface area contributed by atoms with E-state index in [2.05, 4.69) is 5.18 Å². The second kappa shape index (κ2) is 3.49. The van der Waals surface area contributed by atoms with Crippen LogP contribution in [0.3, 0.4) is 0 Å². The maximum absolute atomic E-state index is 11.7. The van der Waals surface area contributed by atoms with Crippen molar-refractivity contribution in [1.29, 1.82) is 0 Å². The van der Waals surface area contributed by atoms with Gasteiger partial charge in [-0.3, -0.25) is 7.58 Å². The van der Waals surface area contributed by atoms with Crippen molar-refractivity contribution in [2.75, 3.05) is 0 Å². The summed E-state index contributed by atoms with van der Waals surface area (Å²) in [5, 5.41) is 3.94. The highest BCUT2D eigenvalue weighted by molar-refractivity contribution is 14.1. The SMILES string of the molecule is O=Nc1cccc2ccn(I)c(=O)c12. The summed E-state index contributed by atoms with van der Waals surface area (Å²) in [7, 11) is 0. The summed E-state index contributed by atoms with van der Waals surface area (Å²) in [5.74, 6) is 0. The predicted octanol–water partition coefficient (Wildman–Crippen LogP) is 2.60. The molecule has 0 aliphatic heterocycles. The summed E-state index contributed by atoms with van der Waals surface area (Å²) in [6.07, 6.45) is 1.65. The van der Waals surface area contributed by atoms with E-state index in [1.807, 2.05) is 22.9 Å². The van der Waals surface area contributed by atoms with Crippen molar-refractivity contribution >= 4 is 39.3 Å². The van der Waals surface area contributed by atoms with Gasteiger partial charge in [-0.2, -0.15) is 0 Å². The monoisotopic (exact) mass is 300 g/mol. The minimum atomic E-state index is -0.210. The molecular weight excluding hydrogens is 295 g/mol. The zero-order valence-electron chi connectivity index (χ0n) is 6.98. The number of pyridine rings is 1. The summed E-state index contributed by atoms with van der Waals surface area (Å²) in [5.41, 5.74) is -0.0168. The molecule has 0 unspecified atom stereocenters. The Morgan fingerprint density at radius 2 is 2.07 bits per heavy atom. The Morgan fingerprint density at radius 3 is 2.79 bits per heavy atom. The van der Waals surface area contributed by atoms with Gasteiger partial charge in [-0.15, -0.1) is 4.91 Å². The van der Waals surface area contributed by atoms with Gasteiger partial charge in [-0.25, -0.2) is 0 Å². The normalized spacial score (nSPS) is 10.4. The predicted molar refractivity (Wildman–Crippen MR) is 63.1 cm³/mol. The van der Waals surface area contributed by atoms with E-state index in [9.17, 15) is 9.70 Å². The van der Waals surface area contributed by atoms with Crippen LogP contribution in [0.15, 0.2) is 40.4 Å². The maximum Gasteiger partial charge on any atom is 0.269 e. The van der Waals surface area contributed by atoms with Crippen molar-refractivity contribution in [3.63, 3.8) is 0 Å². The summed E-state index contributed by atoms with van der Waals surface area (Å²) in [6, 6.07) is 6.79. The van der Waals surface area contributed by atoms with Crippen LogP contribution in [0.1, 0.15) is 0 Å². The van der Waals surface area contributed by atoms with Crippen LogP contribution < -0.4 is 5.56 Å². The number of rotatable bonds is 1. The molecule has 5 heteroatoms. The van der Waals surface area contributed by atoms with E-state index in [0.29, 0.717) is 5.39 Å². The van der Waals surface area contributed by atoms with Gasteiger partial charge in [-0.05, 0) is 22.7 Å². The van der Waals surface area contributed by atoms with Crippen molar-refractivity contribution in [2.24, 2.45) is 5.18 Å². The quantitative estimate of drug-likeness (QED) is 0.600. The number of nitroso groups, excluding NO2 is 1. The molecular formula is C9H5IN2O2. The Balaban J connectivity index is 3.04. The van der Waals surface area contributed by atoms with Crippen LogP contribution in [0.2, 0.25) is 0 Å². The average molecular weight is 300 g/mol. The number of halogens is 1. The highest BCUT2D eigenvalue weighted by Crippen LogP contribution is 2.22. The lowest BCUT2D eigenvalue weighted by Gasteiger charge is -2.00. The first-order valence-electron chi connectivity index (χ1n) is 3.88. The van der Waals surface area contributed by atoms with Crippen molar-refractivity contribution in [1.82, 2.24) is 2.78 Å². The van der Waals surface area contributed by atoms with Gasteiger partial charge in [0.05, 0.1) is 28.3 Å². The first kappa shape index (κ1) is 9.32. The molecule has 70 valence electrons. The molecule has 0 aliphatic carbocycles. The Bertz CT molecular complexity index is 562. The third-order valence-corrected chi connectivity index (χ3v) is 2.73. The molecule has 0 radical (unpaired) electrons. The maximum atomic E-state index is 11.7. The number of nitrogens with zero attached hydrogens (tertiary/aromatic N) is 2. The van der Waals surface area contributed by atoms with E-state index in [-0.39, 0.29) is 11.2 Å². The molecule has 0 bridgehead atoms. The van der Waals surface area contributed by atoms with Gasteiger partial charge in [0.2, 0.25) is 0 Å². The first-order valence-corrected chi connectivity index (χ1v) is 4.84. The summed E-state index contributed by atoms with van der Waals surface area (Å²) < 4.78 is 1.40. The third kappa shape index (κ3) is 1.33. The fourth-order valence-corrected chi connectivity index (χ4v) is 1.73. The van der Waals surface area contributed by atoms with E-state index in [1.165, 1.54) is 8.85 Å². The number of aromatic nitrogens is 1. The fourth-order valence-electron chi connectivity index (χ4n) is 1.33. The Morgan fingerprint density at radius 1 is 1.29 bits per heavy atom. The smallest absolute Gasteiger partial charge is 0.268 e. The highest BCUT2D eigenvalue weighted by Gasteiger charge is 2.06. The van der Waals surface area contributed by atoms with Gasteiger partial charge < -0.3 is 0 Å². The second-order valence-electron chi connectivity index (χ2n) is 2.76. The lowest BCUT2D eigenvalue weighted by atomic mass is 10.1. The molecule has 0 spiro atoms. The molecule has 0 N–H and O–H groups in total. The van der Waals surface area contributed by atoms with Gasteiger partial charge in [-0.1, -0.05) is 12.1 Å². The van der Waals surface area contributed by atoms with Gasteiger partial charge in [0.15, 0.2) is 0 Å². The topological polar surface area (TPSA) is 51.4 Å². The minimum Gasteiger partial charge on any atom is -0.268 e. The van der Waals surface area contributed by atoms with Crippen LogP contribution in [0.25, 0.3) is 10.8 Å². The number of hydrogen-bond donors (Lipinski definition) is 0. The van der Waals surface area contributed by atoms with Crippen LogP contribution in [0, 0.1) is 4.91 Å². The Kier molecular flexibility index (Phi) is 2.32. The molecule has 1 aromatic carbocycles. The van der Waals surface area contributed by atoms with E-state index < -0.39 is 0 Å². The molecule has 1 heterocycles. The van der Waals surface area contributed by atoms with E-state index >= 15 is 0 Å². The molecule has 0 saturated heterocycles. The fraction of sp³-hybridized carbons (Fsp3) is 0. The van der Waals surface area contributed by atoms with Crippen molar-refractivity contribution in [2.45, 2.75) is 0 Å². The lowest BCUT2D eigenvalue weighted by molar-refractivity contribution is 1.23. The van der Waals surface area contributed by atoms with Crippen molar-refractivity contribution in [3.8, 4) is 0 Å². The van der Waals surface area contributed by atoms with Gasteiger partial charge >= 0.3 is 0 Å².